The van der Waals surface area contributed by atoms with Crippen LogP contribution in [0.15, 0.2) is 29.3 Å². The fourth-order valence-electron chi connectivity index (χ4n) is 6.11. The first-order valence-corrected chi connectivity index (χ1v) is 11.9. The smallest absolute Gasteiger partial charge is 0.343 e. The normalized spacial score (nSPS) is 32.1. The Bertz CT molecular complexity index is 1220. The van der Waals surface area contributed by atoms with E-state index in [1.807, 2.05) is 24.3 Å². The SMILES string of the molecule is NC1=N[C@@H](CN2C(=O)CCC2=O)[C@@H]2[NH+]=C(N)N[C@]23N1C[C@H](NC(=O)N1CCc2ccccc21)C3(O)O. The van der Waals surface area contributed by atoms with Crippen molar-refractivity contribution in [3.05, 3.63) is 29.8 Å². The van der Waals surface area contributed by atoms with E-state index in [-0.39, 0.29) is 49.7 Å². The first-order chi connectivity index (χ1) is 17.1. The molecule has 0 aromatic heterocycles. The summed E-state index contributed by atoms with van der Waals surface area (Å²) in [6, 6.07) is 4.18. The number of guanidine groups is 2. The molecule has 0 bridgehead atoms. The molecular formula is C22H28N9O5+. The second-order valence-corrected chi connectivity index (χ2v) is 9.75. The van der Waals surface area contributed by atoms with E-state index in [4.69, 9.17) is 11.5 Å². The number of para-hydroxylation sites is 1. The predicted molar refractivity (Wildman–Crippen MR) is 125 cm³/mol. The van der Waals surface area contributed by atoms with E-state index < -0.39 is 35.6 Å². The third-order valence-electron chi connectivity index (χ3n) is 7.84. The van der Waals surface area contributed by atoms with Crippen LogP contribution in [0, 0.1) is 0 Å². The topological polar surface area (TPSA) is 204 Å². The monoisotopic (exact) mass is 498 g/mol. The lowest BCUT2D eigenvalue weighted by molar-refractivity contribution is -0.521. The van der Waals surface area contributed by atoms with E-state index in [0.717, 1.165) is 16.2 Å². The van der Waals surface area contributed by atoms with Crippen LogP contribution >= 0.6 is 0 Å². The van der Waals surface area contributed by atoms with Crippen molar-refractivity contribution in [2.24, 2.45) is 16.5 Å². The summed E-state index contributed by atoms with van der Waals surface area (Å²) in [5.41, 5.74) is 12.4. The third-order valence-corrected chi connectivity index (χ3v) is 7.84. The van der Waals surface area contributed by atoms with Gasteiger partial charge in [-0.15, -0.1) is 0 Å². The van der Waals surface area contributed by atoms with Gasteiger partial charge in [0.25, 0.3) is 5.66 Å². The average Bonchev–Trinajstić information content (AvgIpc) is 3.56. The van der Waals surface area contributed by atoms with Gasteiger partial charge in [-0.3, -0.25) is 35.0 Å². The van der Waals surface area contributed by atoms with Gasteiger partial charge in [0.2, 0.25) is 17.6 Å². The van der Waals surface area contributed by atoms with Gasteiger partial charge in [-0.25, -0.2) is 15.1 Å². The number of fused-ring (bicyclic) bond motifs is 1. The van der Waals surface area contributed by atoms with Gasteiger partial charge in [0, 0.05) is 25.1 Å². The second-order valence-electron chi connectivity index (χ2n) is 9.75. The molecule has 0 saturated carbocycles. The predicted octanol–water partition coefficient (Wildman–Crippen LogP) is -4.97. The van der Waals surface area contributed by atoms with Crippen LogP contribution in [0.25, 0.3) is 0 Å². The first kappa shape index (κ1) is 22.5. The molecule has 1 spiro atoms. The molecule has 190 valence electrons. The van der Waals surface area contributed by atoms with E-state index in [0.29, 0.717) is 13.0 Å². The number of amides is 4. The van der Waals surface area contributed by atoms with Gasteiger partial charge in [-0.2, -0.15) is 0 Å². The molecule has 2 saturated heterocycles. The molecule has 0 aliphatic carbocycles. The quantitative estimate of drug-likeness (QED) is 0.157. The molecule has 0 unspecified atom stereocenters. The van der Waals surface area contributed by atoms with E-state index in [2.05, 4.69) is 20.6 Å². The Hall–Kier alpha value is -3.91. The maximum Gasteiger partial charge on any atom is 0.343 e. The number of hydrogen-bond acceptors (Lipinski definition) is 10. The number of likely N-dealkylation sites (tertiary alicyclic amines) is 1. The number of nitrogens with zero attached hydrogens (tertiary/aromatic N) is 4. The van der Waals surface area contributed by atoms with Crippen molar-refractivity contribution in [2.75, 3.05) is 24.5 Å². The molecule has 14 heteroatoms. The molecule has 9 N–H and O–H groups in total. The lowest BCUT2D eigenvalue weighted by Crippen LogP contribution is -2.90. The minimum atomic E-state index is -2.57. The Morgan fingerprint density at radius 3 is 2.67 bits per heavy atom. The van der Waals surface area contributed by atoms with Crippen LogP contribution < -0.4 is 32.0 Å². The number of nitrogens with one attached hydrogen (secondary N) is 3. The number of carbonyl (C=O) groups excluding carboxylic acids is 3. The minimum absolute atomic E-state index is 0.0323. The summed E-state index contributed by atoms with van der Waals surface area (Å²) in [5, 5.41) is 28.8. The molecule has 14 nitrogen and oxygen atoms in total. The Morgan fingerprint density at radius 1 is 1.19 bits per heavy atom. The minimum Gasteiger partial charge on any atom is -0.370 e. The van der Waals surface area contributed by atoms with E-state index in [9.17, 15) is 24.6 Å². The van der Waals surface area contributed by atoms with Crippen molar-refractivity contribution < 1.29 is 29.6 Å². The zero-order chi connectivity index (χ0) is 25.4. The molecule has 4 amide bonds. The lowest BCUT2D eigenvalue weighted by atomic mass is 9.85. The highest BCUT2D eigenvalue weighted by molar-refractivity contribution is 6.02. The van der Waals surface area contributed by atoms with E-state index >= 15 is 0 Å². The molecule has 5 aliphatic rings. The maximum atomic E-state index is 13.2. The molecule has 6 rings (SSSR count). The van der Waals surface area contributed by atoms with Gasteiger partial charge < -0.3 is 21.3 Å². The largest absolute Gasteiger partial charge is 0.370 e. The Labute approximate surface area is 205 Å². The van der Waals surface area contributed by atoms with Crippen LogP contribution in [-0.4, -0.2) is 99.0 Å². The first-order valence-electron chi connectivity index (χ1n) is 11.9. The highest BCUT2D eigenvalue weighted by Gasteiger charge is 2.76. The molecule has 5 heterocycles. The van der Waals surface area contributed by atoms with Gasteiger partial charge >= 0.3 is 12.0 Å². The van der Waals surface area contributed by atoms with Crippen LogP contribution in [0.3, 0.4) is 0 Å². The zero-order valence-corrected chi connectivity index (χ0v) is 19.3. The summed E-state index contributed by atoms with van der Waals surface area (Å²) in [5.74, 6) is -3.20. The van der Waals surface area contributed by atoms with Gasteiger partial charge in [0.05, 0.1) is 13.1 Å². The molecule has 1 aromatic carbocycles. The summed E-state index contributed by atoms with van der Waals surface area (Å²) >= 11 is 0. The van der Waals surface area contributed by atoms with Crippen LogP contribution in [0.2, 0.25) is 0 Å². The second kappa shape index (κ2) is 7.54. The van der Waals surface area contributed by atoms with E-state index in [1.54, 1.807) is 4.90 Å². The van der Waals surface area contributed by atoms with Crippen LogP contribution in [-0.2, 0) is 16.0 Å². The number of anilines is 1. The van der Waals surface area contributed by atoms with Crippen molar-refractivity contribution in [1.29, 1.82) is 0 Å². The Balaban J connectivity index is 1.30. The lowest BCUT2D eigenvalue weighted by Gasteiger charge is -2.46. The van der Waals surface area contributed by atoms with Gasteiger partial charge in [0.1, 0.15) is 12.1 Å². The molecule has 2 fully saturated rings. The van der Waals surface area contributed by atoms with Crippen molar-refractivity contribution >= 4 is 35.5 Å². The number of hydrogen-bond donors (Lipinski definition) is 7. The standard InChI is InChI=1S/C22H27N9O5/c23-18-27-17-12(9-30-15(32)5-6-16(30)33)25-19(24)31-10-14(22(35,36)21(17,31)28-18)26-20(34)29-8-7-11-3-1-2-4-13(11)29/h1-4,12,14,17,35-36H,5-10H2,(H2,24,25)(H,26,34)(H3,23,27,28)/p+1/t12-,14-,17-,21-/m0/s1. The summed E-state index contributed by atoms with van der Waals surface area (Å²) in [7, 11) is 0. The number of imide groups is 1. The summed E-state index contributed by atoms with van der Waals surface area (Å²) in [6.45, 7) is 0.290. The Morgan fingerprint density at radius 2 is 1.92 bits per heavy atom. The third kappa shape index (κ3) is 2.94. The van der Waals surface area contributed by atoms with Gasteiger partial charge in [0.15, 0.2) is 12.0 Å². The highest BCUT2D eigenvalue weighted by atomic mass is 16.5. The summed E-state index contributed by atoms with van der Waals surface area (Å²) in [6.07, 6.45) is 0.927. The van der Waals surface area contributed by atoms with Crippen LogP contribution in [0.4, 0.5) is 10.5 Å². The van der Waals surface area contributed by atoms with Crippen molar-refractivity contribution in [3.63, 3.8) is 0 Å². The number of urea groups is 1. The van der Waals surface area contributed by atoms with Gasteiger partial charge in [-0.05, 0) is 18.1 Å². The number of nitrogens with two attached hydrogens (primary N) is 2. The molecule has 1 aromatic rings. The van der Waals surface area contributed by atoms with Crippen molar-refractivity contribution in [1.82, 2.24) is 20.4 Å². The van der Waals surface area contributed by atoms with Crippen LogP contribution in [0.1, 0.15) is 18.4 Å². The molecule has 0 radical (unpaired) electrons. The Kier molecular flexibility index (Phi) is 4.72. The molecule has 36 heavy (non-hydrogen) atoms. The summed E-state index contributed by atoms with van der Waals surface area (Å²) in [4.78, 5) is 49.3. The molecular weight excluding hydrogens is 470 g/mol. The fourth-order valence-corrected chi connectivity index (χ4v) is 6.11. The number of rotatable bonds is 3. The average molecular weight is 499 g/mol. The number of aliphatic imine (C=N–C) groups is 1. The fraction of sp³-hybridized carbons (Fsp3) is 0.500. The summed E-state index contributed by atoms with van der Waals surface area (Å²) < 4.78 is 0. The van der Waals surface area contributed by atoms with Gasteiger partial charge in [-0.1, -0.05) is 18.2 Å². The van der Waals surface area contributed by atoms with Crippen LogP contribution in [0.5, 0.6) is 0 Å². The zero-order valence-electron chi connectivity index (χ0n) is 19.3. The van der Waals surface area contributed by atoms with Crippen molar-refractivity contribution in [3.8, 4) is 0 Å². The number of carbonyl (C=O) groups is 3. The van der Waals surface area contributed by atoms with Crippen molar-refractivity contribution in [2.45, 2.75) is 48.8 Å². The molecule has 4 atom stereocenters. The highest BCUT2D eigenvalue weighted by Crippen LogP contribution is 2.41. The number of aliphatic hydroxyl groups is 2. The van der Waals surface area contributed by atoms with E-state index in [1.165, 1.54) is 4.90 Å². The molecule has 5 aliphatic heterocycles. The maximum absolute atomic E-state index is 13.2. The number of benzene rings is 1.